The Morgan fingerprint density at radius 3 is 2.45 bits per heavy atom. The smallest absolute Gasteiger partial charge is 0.194 e. The number of aromatic nitrogens is 2. The lowest BCUT2D eigenvalue weighted by Gasteiger charge is -2.05. The maximum Gasteiger partial charge on any atom is 0.194 e. The first-order chi connectivity index (χ1) is 9.52. The summed E-state index contributed by atoms with van der Waals surface area (Å²) in [4.78, 5) is 0. The maximum absolute atomic E-state index is 13.3. The molecule has 2 aromatic rings. The van der Waals surface area contributed by atoms with Crippen LogP contribution in [0.15, 0.2) is 18.3 Å². The van der Waals surface area contributed by atoms with Crippen LogP contribution >= 0.6 is 0 Å². The van der Waals surface area contributed by atoms with E-state index in [1.807, 2.05) is 6.92 Å². The third-order valence-corrected chi connectivity index (χ3v) is 2.90. The van der Waals surface area contributed by atoms with Crippen molar-refractivity contribution in [3.63, 3.8) is 0 Å². The second-order valence-electron chi connectivity index (χ2n) is 4.61. The van der Waals surface area contributed by atoms with E-state index in [0.717, 1.165) is 30.7 Å². The second-order valence-corrected chi connectivity index (χ2v) is 4.61. The molecule has 1 aromatic carbocycles. The molecule has 0 bridgehead atoms. The topological polar surface area (TPSA) is 29.9 Å². The van der Waals surface area contributed by atoms with Gasteiger partial charge in [-0.05, 0) is 25.1 Å². The highest BCUT2D eigenvalue weighted by Gasteiger charge is 2.16. The van der Waals surface area contributed by atoms with Crippen molar-refractivity contribution in [3.8, 4) is 11.3 Å². The van der Waals surface area contributed by atoms with Crippen molar-refractivity contribution >= 4 is 0 Å². The van der Waals surface area contributed by atoms with Crippen LogP contribution in [0.4, 0.5) is 13.2 Å². The van der Waals surface area contributed by atoms with Crippen LogP contribution in [0.5, 0.6) is 0 Å². The van der Waals surface area contributed by atoms with Crippen molar-refractivity contribution in [2.24, 2.45) is 7.05 Å². The molecule has 1 aromatic heterocycles. The highest BCUT2D eigenvalue weighted by Crippen LogP contribution is 2.25. The minimum absolute atomic E-state index is 0.232. The van der Waals surface area contributed by atoms with Crippen molar-refractivity contribution in [3.05, 3.63) is 41.3 Å². The predicted molar refractivity (Wildman–Crippen MR) is 70.5 cm³/mol. The number of hydrogen-bond acceptors (Lipinski definition) is 2. The molecular formula is C14H16F3N3. The van der Waals surface area contributed by atoms with Crippen LogP contribution in [0.1, 0.15) is 18.9 Å². The van der Waals surface area contributed by atoms with E-state index in [0.29, 0.717) is 12.2 Å². The Morgan fingerprint density at radius 2 is 1.85 bits per heavy atom. The van der Waals surface area contributed by atoms with Crippen molar-refractivity contribution in [2.45, 2.75) is 19.9 Å². The Hall–Kier alpha value is -1.82. The van der Waals surface area contributed by atoms with Crippen molar-refractivity contribution in [2.75, 3.05) is 6.54 Å². The lowest BCUT2D eigenvalue weighted by Crippen LogP contribution is -2.13. The summed E-state index contributed by atoms with van der Waals surface area (Å²) in [5.41, 5.74) is 1.50. The Morgan fingerprint density at radius 1 is 1.20 bits per heavy atom. The zero-order valence-electron chi connectivity index (χ0n) is 11.4. The first kappa shape index (κ1) is 14.6. The second kappa shape index (κ2) is 6.09. The molecule has 20 heavy (non-hydrogen) atoms. The summed E-state index contributed by atoms with van der Waals surface area (Å²) < 4.78 is 41.2. The predicted octanol–water partition coefficient (Wildman–Crippen LogP) is 3.00. The minimum Gasteiger partial charge on any atom is -0.313 e. The third-order valence-electron chi connectivity index (χ3n) is 2.90. The third kappa shape index (κ3) is 3.01. The molecule has 0 aliphatic carbocycles. The fraction of sp³-hybridized carbons (Fsp3) is 0.357. The highest BCUT2D eigenvalue weighted by atomic mass is 19.2. The van der Waals surface area contributed by atoms with Gasteiger partial charge < -0.3 is 5.32 Å². The lowest BCUT2D eigenvalue weighted by atomic mass is 10.1. The monoisotopic (exact) mass is 283 g/mol. The van der Waals surface area contributed by atoms with Gasteiger partial charge in [0.2, 0.25) is 0 Å². The molecule has 0 atom stereocenters. The van der Waals surface area contributed by atoms with E-state index in [4.69, 9.17) is 0 Å². The van der Waals surface area contributed by atoms with Crippen LogP contribution in [0.3, 0.4) is 0 Å². The number of nitrogens with zero attached hydrogens (tertiary/aromatic N) is 2. The molecule has 0 fully saturated rings. The average Bonchev–Trinajstić information content (AvgIpc) is 2.77. The van der Waals surface area contributed by atoms with Crippen molar-refractivity contribution in [1.29, 1.82) is 0 Å². The zero-order valence-corrected chi connectivity index (χ0v) is 11.4. The Balaban J connectivity index is 2.37. The van der Waals surface area contributed by atoms with Crippen LogP contribution < -0.4 is 5.32 Å². The van der Waals surface area contributed by atoms with Gasteiger partial charge >= 0.3 is 0 Å². The molecule has 0 aliphatic rings. The van der Waals surface area contributed by atoms with Gasteiger partial charge in [-0.1, -0.05) is 6.92 Å². The molecule has 0 saturated heterocycles. The van der Waals surface area contributed by atoms with E-state index in [1.165, 1.54) is 0 Å². The number of nitrogens with one attached hydrogen (secondary N) is 1. The first-order valence-corrected chi connectivity index (χ1v) is 6.41. The van der Waals surface area contributed by atoms with Gasteiger partial charge in [0.05, 0.1) is 5.69 Å². The Kier molecular flexibility index (Phi) is 4.44. The SMILES string of the molecule is CCCNCc1cn(C)nc1-c1cc(F)c(F)c(F)c1. The number of rotatable bonds is 5. The fourth-order valence-corrected chi connectivity index (χ4v) is 2.00. The summed E-state index contributed by atoms with van der Waals surface area (Å²) in [6.07, 6.45) is 2.76. The average molecular weight is 283 g/mol. The van der Waals surface area contributed by atoms with Gasteiger partial charge in [0, 0.05) is 30.9 Å². The summed E-state index contributed by atoms with van der Waals surface area (Å²) in [5.74, 6) is -3.88. The molecule has 0 amide bonds. The number of hydrogen-bond donors (Lipinski definition) is 1. The molecule has 0 aliphatic heterocycles. The van der Waals surface area contributed by atoms with Gasteiger partial charge in [-0.15, -0.1) is 0 Å². The van der Waals surface area contributed by atoms with E-state index in [2.05, 4.69) is 10.4 Å². The van der Waals surface area contributed by atoms with E-state index >= 15 is 0 Å². The van der Waals surface area contributed by atoms with Crippen LogP contribution in [0, 0.1) is 17.5 Å². The van der Waals surface area contributed by atoms with Crippen LogP contribution in [0.25, 0.3) is 11.3 Å². The number of benzene rings is 1. The molecule has 0 radical (unpaired) electrons. The molecule has 3 nitrogen and oxygen atoms in total. The Bertz CT molecular complexity index is 585. The molecule has 108 valence electrons. The van der Waals surface area contributed by atoms with Gasteiger partial charge in [0.1, 0.15) is 0 Å². The fourth-order valence-electron chi connectivity index (χ4n) is 2.00. The summed E-state index contributed by atoms with van der Waals surface area (Å²) in [7, 11) is 1.73. The molecule has 0 saturated carbocycles. The summed E-state index contributed by atoms with van der Waals surface area (Å²) in [6, 6.07) is 1.92. The normalized spacial score (nSPS) is 11.1. The quantitative estimate of drug-likeness (QED) is 0.675. The van der Waals surface area contributed by atoms with E-state index in [1.54, 1.807) is 17.9 Å². The lowest BCUT2D eigenvalue weighted by molar-refractivity contribution is 0.447. The summed E-state index contributed by atoms with van der Waals surface area (Å²) >= 11 is 0. The largest absolute Gasteiger partial charge is 0.313 e. The van der Waals surface area contributed by atoms with Crippen molar-refractivity contribution < 1.29 is 13.2 Å². The summed E-state index contributed by atoms with van der Waals surface area (Å²) in [5, 5.41) is 7.39. The minimum atomic E-state index is -1.46. The van der Waals surface area contributed by atoms with Gasteiger partial charge in [-0.25, -0.2) is 13.2 Å². The first-order valence-electron chi connectivity index (χ1n) is 6.41. The molecule has 0 spiro atoms. The summed E-state index contributed by atoms with van der Waals surface area (Å²) in [6.45, 7) is 3.42. The molecule has 1 N–H and O–H groups in total. The van der Waals surface area contributed by atoms with Crippen molar-refractivity contribution in [1.82, 2.24) is 15.1 Å². The molecular weight excluding hydrogens is 267 g/mol. The highest BCUT2D eigenvalue weighted by molar-refractivity contribution is 5.63. The van der Waals surface area contributed by atoms with Gasteiger partial charge in [0.15, 0.2) is 17.5 Å². The molecule has 0 unspecified atom stereocenters. The van der Waals surface area contributed by atoms with Gasteiger partial charge in [-0.3, -0.25) is 4.68 Å². The number of aryl methyl sites for hydroxylation is 1. The number of halogens is 3. The van der Waals surface area contributed by atoms with Crippen LogP contribution in [0.2, 0.25) is 0 Å². The van der Waals surface area contributed by atoms with E-state index < -0.39 is 17.5 Å². The van der Waals surface area contributed by atoms with Gasteiger partial charge in [-0.2, -0.15) is 5.10 Å². The molecule has 2 rings (SSSR count). The Labute approximate surface area is 115 Å². The van der Waals surface area contributed by atoms with E-state index in [-0.39, 0.29) is 5.56 Å². The van der Waals surface area contributed by atoms with Gasteiger partial charge in [0.25, 0.3) is 0 Å². The van der Waals surface area contributed by atoms with Crippen LogP contribution in [-0.4, -0.2) is 16.3 Å². The zero-order chi connectivity index (χ0) is 14.7. The maximum atomic E-state index is 13.3. The molecule has 1 heterocycles. The standard InChI is InChI=1S/C14H16F3N3/c1-3-4-18-7-10-8-20(2)19-14(10)9-5-11(15)13(17)12(16)6-9/h5-6,8,18H,3-4,7H2,1-2H3. The molecule has 6 heteroatoms. The van der Waals surface area contributed by atoms with Crippen LogP contribution in [-0.2, 0) is 13.6 Å². The van der Waals surface area contributed by atoms with E-state index in [9.17, 15) is 13.2 Å².